The molecule has 0 amide bonds. The third-order valence-electron chi connectivity index (χ3n) is 4.21. The Hall–Kier alpha value is -0.610. The van der Waals surface area contributed by atoms with Crippen LogP contribution in [0.15, 0.2) is 24.3 Å². The molecule has 1 atom stereocenters. The van der Waals surface area contributed by atoms with Crippen LogP contribution in [0.25, 0.3) is 0 Å². The summed E-state index contributed by atoms with van der Waals surface area (Å²) < 4.78 is 6.00. The largest absolute Gasteiger partial charge is 0.395 e. The van der Waals surface area contributed by atoms with Crippen LogP contribution >= 0.6 is 11.6 Å². The van der Waals surface area contributed by atoms with Gasteiger partial charge in [0.25, 0.3) is 0 Å². The molecule has 1 aromatic carbocycles. The van der Waals surface area contributed by atoms with Crippen LogP contribution in [-0.2, 0) is 10.2 Å². The number of benzene rings is 1. The van der Waals surface area contributed by atoms with Gasteiger partial charge in [-0.05, 0) is 50.8 Å². The summed E-state index contributed by atoms with van der Waals surface area (Å²) >= 11 is 6.03. The average Bonchev–Trinajstić information content (AvgIpc) is 2.75. The summed E-state index contributed by atoms with van der Waals surface area (Å²) in [6.45, 7) is 3.91. The first-order valence-electron chi connectivity index (χ1n) is 7.06. The maximum Gasteiger partial charge on any atom is 0.0631 e. The van der Waals surface area contributed by atoms with Gasteiger partial charge in [0.1, 0.15) is 0 Å². The van der Waals surface area contributed by atoms with Crippen LogP contribution in [0.3, 0.4) is 0 Å². The molecule has 2 rings (SSSR count). The zero-order valence-electron chi connectivity index (χ0n) is 12.1. The summed E-state index contributed by atoms with van der Waals surface area (Å²) in [5, 5.41) is 20.3. The molecule has 1 saturated heterocycles. The van der Waals surface area contributed by atoms with Crippen molar-refractivity contribution in [2.45, 2.75) is 50.2 Å². The second kappa shape index (κ2) is 6.02. The summed E-state index contributed by atoms with van der Waals surface area (Å²) in [6.07, 6.45) is 2.61. The maximum absolute atomic E-state index is 9.85. The van der Waals surface area contributed by atoms with Crippen LogP contribution in [0.4, 0.5) is 0 Å². The molecule has 3 nitrogen and oxygen atoms in total. The lowest BCUT2D eigenvalue weighted by Crippen LogP contribution is -2.39. The SMILES string of the molecule is CC1(C)CCC(CC(CO)(CO)c2cccc(Cl)c2)O1. The summed E-state index contributed by atoms with van der Waals surface area (Å²) in [4.78, 5) is 0. The highest BCUT2D eigenvalue weighted by Gasteiger charge is 2.39. The van der Waals surface area contributed by atoms with Gasteiger partial charge in [0.2, 0.25) is 0 Å². The van der Waals surface area contributed by atoms with E-state index in [9.17, 15) is 10.2 Å². The molecule has 20 heavy (non-hydrogen) atoms. The van der Waals surface area contributed by atoms with Gasteiger partial charge >= 0.3 is 0 Å². The van der Waals surface area contributed by atoms with E-state index >= 15 is 0 Å². The summed E-state index contributed by atoms with van der Waals surface area (Å²) in [5.41, 5.74) is 0.0503. The molecule has 112 valence electrons. The normalized spacial score (nSPS) is 22.1. The van der Waals surface area contributed by atoms with Gasteiger partial charge in [0, 0.05) is 10.4 Å². The molecule has 0 bridgehead atoms. The van der Waals surface area contributed by atoms with E-state index in [1.807, 2.05) is 18.2 Å². The molecule has 1 aliphatic rings. The molecule has 0 saturated carbocycles. The van der Waals surface area contributed by atoms with Crippen molar-refractivity contribution in [2.24, 2.45) is 0 Å². The molecular weight excluding hydrogens is 276 g/mol. The number of ether oxygens (including phenoxy) is 1. The van der Waals surface area contributed by atoms with Crippen LogP contribution in [-0.4, -0.2) is 35.1 Å². The zero-order valence-corrected chi connectivity index (χ0v) is 12.9. The maximum atomic E-state index is 9.85. The Kier molecular flexibility index (Phi) is 4.75. The first-order valence-corrected chi connectivity index (χ1v) is 7.44. The Morgan fingerprint density at radius 3 is 2.55 bits per heavy atom. The van der Waals surface area contributed by atoms with E-state index in [1.54, 1.807) is 6.07 Å². The van der Waals surface area contributed by atoms with Crippen molar-refractivity contribution in [3.63, 3.8) is 0 Å². The molecule has 1 heterocycles. The molecule has 2 N–H and O–H groups in total. The second-order valence-corrected chi connectivity index (χ2v) is 6.79. The fourth-order valence-corrected chi connectivity index (χ4v) is 3.15. The minimum absolute atomic E-state index is 0.0586. The Morgan fingerprint density at radius 2 is 2.05 bits per heavy atom. The van der Waals surface area contributed by atoms with Crippen LogP contribution in [0.5, 0.6) is 0 Å². The fraction of sp³-hybridized carbons (Fsp3) is 0.625. The lowest BCUT2D eigenvalue weighted by atomic mass is 9.77. The van der Waals surface area contributed by atoms with Crippen molar-refractivity contribution >= 4 is 11.6 Å². The Labute approximate surface area is 125 Å². The molecule has 1 fully saturated rings. The highest BCUT2D eigenvalue weighted by molar-refractivity contribution is 6.30. The van der Waals surface area contributed by atoms with E-state index in [-0.39, 0.29) is 24.9 Å². The number of aliphatic hydroxyl groups is 2. The molecule has 0 aliphatic carbocycles. The highest BCUT2D eigenvalue weighted by atomic mass is 35.5. The van der Waals surface area contributed by atoms with Crippen molar-refractivity contribution in [2.75, 3.05) is 13.2 Å². The van der Waals surface area contributed by atoms with Crippen LogP contribution in [0.2, 0.25) is 5.02 Å². The molecule has 0 aromatic heterocycles. The molecule has 1 unspecified atom stereocenters. The molecule has 0 radical (unpaired) electrons. The zero-order chi connectivity index (χ0) is 14.8. The van der Waals surface area contributed by atoms with Gasteiger partial charge in [-0.3, -0.25) is 0 Å². The molecule has 0 spiro atoms. The predicted octanol–water partition coefficient (Wildman–Crippen LogP) is 2.91. The minimum Gasteiger partial charge on any atom is -0.395 e. The topological polar surface area (TPSA) is 49.7 Å². The summed E-state index contributed by atoms with van der Waals surface area (Å²) in [7, 11) is 0. The minimum atomic E-state index is -0.698. The van der Waals surface area contributed by atoms with Gasteiger partial charge in [0.15, 0.2) is 0 Å². The van der Waals surface area contributed by atoms with E-state index in [0.717, 1.165) is 18.4 Å². The van der Waals surface area contributed by atoms with Crippen molar-refractivity contribution in [1.29, 1.82) is 0 Å². The van der Waals surface area contributed by atoms with Crippen molar-refractivity contribution in [3.8, 4) is 0 Å². The van der Waals surface area contributed by atoms with Gasteiger partial charge in [-0.2, -0.15) is 0 Å². The first-order chi connectivity index (χ1) is 9.41. The number of rotatable bonds is 5. The van der Waals surface area contributed by atoms with Gasteiger partial charge in [-0.15, -0.1) is 0 Å². The quantitative estimate of drug-likeness (QED) is 0.879. The van der Waals surface area contributed by atoms with Crippen molar-refractivity contribution in [3.05, 3.63) is 34.9 Å². The van der Waals surface area contributed by atoms with Gasteiger partial charge in [0.05, 0.1) is 24.9 Å². The monoisotopic (exact) mass is 298 g/mol. The number of hydrogen-bond acceptors (Lipinski definition) is 3. The number of hydrogen-bond donors (Lipinski definition) is 2. The van der Waals surface area contributed by atoms with Crippen LogP contribution < -0.4 is 0 Å². The first kappa shape index (κ1) is 15.8. The van der Waals surface area contributed by atoms with Crippen LogP contribution in [0.1, 0.15) is 38.7 Å². The van der Waals surface area contributed by atoms with E-state index in [1.165, 1.54) is 0 Å². The highest BCUT2D eigenvalue weighted by Crippen LogP contribution is 2.38. The molecular formula is C16H23ClO3. The lowest BCUT2D eigenvalue weighted by Gasteiger charge is -2.33. The molecule has 1 aliphatic heterocycles. The van der Waals surface area contributed by atoms with Crippen molar-refractivity contribution < 1.29 is 14.9 Å². The van der Waals surface area contributed by atoms with Crippen molar-refractivity contribution in [1.82, 2.24) is 0 Å². The standard InChI is InChI=1S/C16H23ClO3/c1-15(2)7-6-14(20-15)9-16(10-18,11-19)12-4-3-5-13(17)8-12/h3-5,8,14,18-19H,6-7,9-11H2,1-2H3. The molecule has 4 heteroatoms. The predicted molar refractivity (Wildman–Crippen MR) is 80.1 cm³/mol. The van der Waals surface area contributed by atoms with E-state index in [4.69, 9.17) is 16.3 Å². The van der Waals surface area contributed by atoms with Gasteiger partial charge < -0.3 is 14.9 Å². The van der Waals surface area contributed by atoms with E-state index < -0.39 is 5.41 Å². The second-order valence-electron chi connectivity index (χ2n) is 6.35. The van der Waals surface area contributed by atoms with E-state index in [2.05, 4.69) is 13.8 Å². The van der Waals surface area contributed by atoms with Crippen LogP contribution in [0, 0.1) is 0 Å². The Bertz CT molecular complexity index is 455. The summed E-state index contributed by atoms with van der Waals surface area (Å²) in [5.74, 6) is 0. The summed E-state index contributed by atoms with van der Waals surface area (Å²) in [6, 6.07) is 7.35. The van der Waals surface area contributed by atoms with E-state index in [0.29, 0.717) is 11.4 Å². The van der Waals surface area contributed by atoms with Gasteiger partial charge in [-0.25, -0.2) is 0 Å². The smallest absolute Gasteiger partial charge is 0.0631 e. The third kappa shape index (κ3) is 3.34. The fourth-order valence-electron chi connectivity index (χ4n) is 2.96. The van der Waals surface area contributed by atoms with Gasteiger partial charge in [-0.1, -0.05) is 23.7 Å². The number of halogens is 1. The molecule has 1 aromatic rings. The lowest BCUT2D eigenvalue weighted by molar-refractivity contribution is -0.0381. The average molecular weight is 299 g/mol. The Balaban J connectivity index is 2.22. The number of aliphatic hydroxyl groups excluding tert-OH is 2. The Morgan fingerprint density at radius 1 is 1.35 bits per heavy atom. The third-order valence-corrected chi connectivity index (χ3v) is 4.45.